The summed E-state index contributed by atoms with van der Waals surface area (Å²) in [5.74, 6) is 1.96. The lowest BCUT2D eigenvalue weighted by Gasteiger charge is -2.11. The summed E-state index contributed by atoms with van der Waals surface area (Å²) in [6, 6.07) is 57.6. The monoisotopic (exact) mass is 585 g/mol. The van der Waals surface area contributed by atoms with E-state index < -0.39 is 0 Å². The molecule has 8 aromatic carbocycles. The van der Waals surface area contributed by atoms with Crippen LogP contribution in [0.5, 0.6) is 0 Å². The fourth-order valence-corrected chi connectivity index (χ4v) is 6.59. The molecule has 9 rings (SSSR count). The van der Waals surface area contributed by atoms with Gasteiger partial charge in [-0.25, -0.2) is 15.0 Å². The van der Waals surface area contributed by atoms with Crippen LogP contribution in [0.1, 0.15) is 0 Å². The highest BCUT2D eigenvalue weighted by Crippen LogP contribution is 2.34. The van der Waals surface area contributed by atoms with Gasteiger partial charge >= 0.3 is 0 Å². The zero-order chi connectivity index (χ0) is 30.5. The SMILES string of the molecule is c1ccc(-c2nc(-c3ccc(-c4cccc5ccccc45)cc3)nc(-c3ccc4c(ccc5c6ccccc6ccc45)c3)n2)cc1. The lowest BCUT2D eigenvalue weighted by Crippen LogP contribution is -2.00. The first kappa shape index (κ1) is 26.2. The maximum Gasteiger partial charge on any atom is 0.164 e. The van der Waals surface area contributed by atoms with Gasteiger partial charge in [0, 0.05) is 16.7 Å². The summed E-state index contributed by atoms with van der Waals surface area (Å²) in [4.78, 5) is 15.0. The van der Waals surface area contributed by atoms with E-state index in [2.05, 4.69) is 133 Å². The molecule has 0 spiro atoms. The summed E-state index contributed by atoms with van der Waals surface area (Å²) < 4.78 is 0. The van der Waals surface area contributed by atoms with Crippen molar-refractivity contribution in [2.24, 2.45) is 0 Å². The smallest absolute Gasteiger partial charge is 0.164 e. The van der Waals surface area contributed by atoms with E-state index in [1.807, 2.05) is 30.3 Å². The number of nitrogens with zero attached hydrogens (tertiary/aromatic N) is 3. The Morgan fingerprint density at radius 2 is 0.739 bits per heavy atom. The van der Waals surface area contributed by atoms with Crippen LogP contribution in [0.15, 0.2) is 164 Å². The Bertz CT molecular complexity index is 2570. The molecular weight excluding hydrogens is 558 g/mol. The van der Waals surface area contributed by atoms with Gasteiger partial charge in [0.2, 0.25) is 0 Å². The lowest BCUT2D eigenvalue weighted by atomic mass is 9.96. The molecule has 0 saturated heterocycles. The van der Waals surface area contributed by atoms with Crippen LogP contribution >= 0.6 is 0 Å². The molecule has 0 aliphatic carbocycles. The molecule has 1 heterocycles. The van der Waals surface area contributed by atoms with Crippen molar-refractivity contribution in [2.45, 2.75) is 0 Å². The van der Waals surface area contributed by atoms with Crippen molar-refractivity contribution in [3.8, 4) is 45.3 Å². The standard InChI is InChI=1S/C43H27N3/c1-2-11-31(12-3-1)41-44-42(32-19-17-30(18-20-32)36-16-8-13-28-9-4-6-14-35(28)36)46-43(45-41)34-23-24-38-33(27-34)22-26-39-37-15-7-5-10-29(37)21-25-40(38)39/h1-27H. The molecule has 1 aromatic heterocycles. The summed E-state index contributed by atoms with van der Waals surface area (Å²) in [7, 11) is 0. The van der Waals surface area contributed by atoms with E-state index in [9.17, 15) is 0 Å². The van der Waals surface area contributed by atoms with E-state index in [1.54, 1.807) is 0 Å². The Hall–Kier alpha value is -6.19. The number of hydrogen-bond donors (Lipinski definition) is 0. The van der Waals surface area contributed by atoms with E-state index in [1.165, 1.54) is 43.3 Å². The van der Waals surface area contributed by atoms with Gasteiger partial charge in [0.15, 0.2) is 17.5 Å². The van der Waals surface area contributed by atoms with Crippen molar-refractivity contribution in [2.75, 3.05) is 0 Å². The zero-order valence-corrected chi connectivity index (χ0v) is 24.9. The van der Waals surface area contributed by atoms with Gasteiger partial charge < -0.3 is 0 Å². The molecule has 46 heavy (non-hydrogen) atoms. The number of fused-ring (bicyclic) bond motifs is 6. The minimum Gasteiger partial charge on any atom is -0.208 e. The predicted molar refractivity (Wildman–Crippen MR) is 192 cm³/mol. The van der Waals surface area contributed by atoms with E-state index >= 15 is 0 Å². The van der Waals surface area contributed by atoms with Crippen molar-refractivity contribution in [3.05, 3.63) is 164 Å². The van der Waals surface area contributed by atoms with Gasteiger partial charge in [0.1, 0.15) is 0 Å². The van der Waals surface area contributed by atoms with Crippen molar-refractivity contribution >= 4 is 43.1 Å². The highest BCUT2D eigenvalue weighted by molar-refractivity contribution is 6.17. The van der Waals surface area contributed by atoms with E-state index in [4.69, 9.17) is 15.0 Å². The number of hydrogen-bond acceptors (Lipinski definition) is 3. The Morgan fingerprint density at radius 3 is 1.48 bits per heavy atom. The molecule has 3 nitrogen and oxygen atoms in total. The van der Waals surface area contributed by atoms with Crippen LogP contribution in [0, 0.1) is 0 Å². The van der Waals surface area contributed by atoms with Crippen LogP contribution in [0.2, 0.25) is 0 Å². The molecule has 214 valence electrons. The van der Waals surface area contributed by atoms with Crippen molar-refractivity contribution in [1.82, 2.24) is 15.0 Å². The van der Waals surface area contributed by atoms with E-state index in [0.29, 0.717) is 17.5 Å². The average Bonchev–Trinajstić information content (AvgIpc) is 3.14. The fourth-order valence-electron chi connectivity index (χ4n) is 6.59. The molecule has 0 aliphatic heterocycles. The van der Waals surface area contributed by atoms with Crippen LogP contribution in [0.25, 0.3) is 88.4 Å². The van der Waals surface area contributed by atoms with E-state index in [-0.39, 0.29) is 0 Å². The van der Waals surface area contributed by atoms with Crippen molar-refractivity contribution in [1.29, 1.82) is 0 Å². The van der Waals surface area contributed by atoms with Crippen LogP contribution in [0.4, 0.5) is 0 Å². The highest BCUT2D eigenvalue weighted by atomic mass is 15.0. The summed E-state index contributed by atoms with van der Waals surface area (Å²) in [6.07, 6.45) is 0. The number of aromatic nitrogens is 3. The fraction of sp³-hybridized carbons (Fsp3) is 0. The molecule has 9 aromatic rings. The molecule has 3 heteroatoms. The molecule has 0 atom stereocenters. The lowest BCUT2D eigenvalue weighted by molar-refractivity contribution is 1.07. The summed E-state index contributed by atoms with van der Waals surface area (Å²) in [5.41, 5.74) is 5.23. The largest absolute Gasteiger partial charge is 0.208 e. The molecule has 0 unspecified atom stereocenters. The molecule has 0 N–H and O–H groups in total. The molecule has 0 bridgehead atoms. The quantitative estimate of drug-likeness (QED) is 0.193. The zero-order valence-electron chi connectivity index (χ0n) is 24.9. The first-order valence-corrected chi connectivity index (χ1v) is 15.5. The molecule has 0 aliphatic rings. The number of benzene rings is 8. The maximum atomic E-state index is 5.04. The normalized spacial score (nSPS) is 11.5. The third kappa shape index (κ3) is 4.49. The minimum absolute atomic E-state index is 0.651. The Labute approximate surface area is 266 Å². The first-order chi connectivity index (χ1) is 22.8. The third-order valence-corrected chi connectivity index (χ3v) is 8.91. The van der Waals surface area contributed by atoms with Gasteiger partial charge in [0.05, 0.1) is 0 Å². The van der Waals surface area contributed by atoms with Gasteiger partial charge in [-0.2, -0.15) is 0 Å². The molecule has 0 saturated carbocycles. The van der Waals surface area contributed by atoms with Crippen molar-refractivity contribution in [3.63, 3.8) is 0 Å². The second kappa shape index (κ2) is 10.8. The van der Waals surface area contributed by atoms with Gasteiger partial charge in [-0.15, -0.1) is 0 Å². The third-order valence-electron chi connectivity index (χ3n) is 8.91. The minimum atomic E-state index is 0.651. The van der Waals surface area contributed by atoms with E-state index in [0.717, 1.165) is 27.6 Å². The van der Waals surface area contributed by atoms with Crippen LogP contribution in [0.3, 0.4) is 0 Å². The topological polar surface area (TPSA) is 38.7 Å². The van der Waals surface area contributed by atoms with Gasteiger partial charge in [-0.1, -0.05) is 158 Å². The Kier molecular flexibility index (Phi) is 6.14. The second-order valence-electron chi connectivity index (χ2n) is 11.7. The number of rotatable bonds is 4. The van der Waals surface area contributed by atoms with Gasteiger partial charge in [0.25, 0.3) is 0 Å². The Morgan fingerprint density at radius 1 is 0.261 bits per heavy atom. The first-order valence-electron chi connectivity index (χ1n) is 15.5. The molecule has 0 fully saturated rings. The molecular formula is C43H27N3. The van der Waals surface area contributed by atoms with Crippen molar-refractivity contribution < 1.29 is 0 Å². The summed E-state index contributed by atoms with van der Waals surface area (Å²) in [6.45, 7) is 0. The van der Waals surface area contributed by atoms with Crippen LogP contribution < -0.4 is 0 Å². The summed E-state index contributed by atoms with van der Waals surface area (Å²) in [5, 5.41) is 9.87. The van der Waals surface area contributed by atoms with Crippen LogP contribution in [-0.4, -0.2) is 15.0 Å². The molecule has 0 amide bonds. The maximum absolute atomic E-state index is 5.04. The average molecular weight is 586 g/mol. The van der Waals surface area contributed by atoms with Gasteiger partial charge in [-0.05, 0) is 60.3 Å². The Balaban J connectivity index is 1.16. The predicted octanol–water partition coefficient (Wildman–Crippen LogP) is 11.2. The molecule has 0 radical (unpaired) electrons. The second-order valence-corrected chi connectivity index (χ2v) is 11.7. The highest BCUT2D eigenvalue weighted by Gasteiger charge is 2.14. The van der Waals surface area contributed by atoms with Crippen LogP contribution in [-0.2, 0) is 0 Å². The summed E-state index contributed by atoms with van der Waals surface area (Å²) >= 11 is 0. The van der Waals surface area contributed by atoms with Gasteiger partial charge in [-0.3, -0.25) is 0 Å².